The Kier molecular flexibility index (Phi) is 8.53. The number of pyridine rings is 1. The van der Waals surface area contributed by atoms with Crippen LogP contribution in [0.4, 0.5) is 4.39 Å². The van der Waals surface area contributed by atoms with Gasteiger partial charge in [-0.05, 0) is 41.0 Å². The van der Waals surface area contributed by atoms with E-state index in [-0.39, 0.29) is 29.7 Å². The molecule has 5 nitrogen and oxygen atoms in total. The zero-order valence-corrected chi connectivity index (χ0v) is 21.1. The minimum absolute atomic E-state index is 0.132. The van der Waals surface area contributed by atoms with E-state index in [9.17, 15) is 19.4 Å². The maximum atomic E-state index is 13.6. The number of benzene rings is 1. The monoisotopic (exact) mass is 538 g/mol. The van der Waals surface area contributed by atoms with E-state index in [2.05, 4.69) is 4.90 Å². The summed E-state index contributed by atoms with van der Waals surface area (Å²) in [7, 11) is 0. The lowest BCUT2D eigenvalue weighted by molar-refractivity contribution is 0.0599. The summed E-state index contributed by atoms with van der Waals surface area (Å²) in [6.45, 7) is 1.88. The fraction of sp³-hybridized carbons (Fsp3) is 0.346. The Labute approximate surface area is 218 Å². The van der Waals surface area contributed by atoms with Crippen molar-refractivity contribution in [2.75, 3.05) is 32.8 Å². The number of allylic oxidation sites excluding steroid dienone is 4. The molecule has 1 unspecified atom stereocenters. The van der Waals surface area contributed by atoms with Crippen molar-refractivity contribution in [3.63, 3.8) is 0 Å². The average Bonchev–Trinajstić information content (AvgIpc) is 2.79. The fourth-order valence-corrected chi connectivity index (χ4v) is 5.44. The van der Waals surface area contributed by atoms with Gasteiger partial charge in [0, 0.05) is 60.4 Å². The largest absolute Gasteiger partial charge is 0.396 e. The van der Waals surface area contributed by atoms with E-state index in [1.165, 1.54) is 18.2 Å². The molecule has 1 saturated heterocycles. The number of alkyl halides is 1. The maximum absolute atomic E-state index is 13.6. The summed E-state index contributed by atoms with van der Waals surface area (Å²) in [5, 5.41) is 19.6. The first-order chi connectivity index (χ1) is 16.8. The molecular formula is C26H26Cl3FN2O3. The van der Waals surface area contributed by atoms with E-state index in [0.29, 0.717) is 34.8 Å². The molecule has 0 saturated carbocycles. The second-order valence-electron chi connectivity index (χ2n) is 8.89. The summed E-state index contributed by atoms with van der Waals surface area (Å²) in [6.07, 6.45) is 7.35. The zero-order valence-electron chi connectivity index (χ0n) is 18.9. The molecule has 2 N–H and O–H groups in total. The van der Waals surface area contributed by atoms with Crippen LogP contribution >= 0.6 is 34.8 Å². The highest BCUT2D eigenvalue weighted by Gasteiger charge is 2.29. The molecule has 1 fully saturated rings. The Bertz CT molecular complexity index is 1230. The topological polar surface area (TPSA) is 65.7 Å². The molecule has 186 valence electrons. The highest BCUT2D eigenvalue weighted by Crippen LogP contribution is 2.34. The van der Waals surface area contributed by atoms with Crippen LogP contribution in [0, 0.1) is 11.7 Å². The van der Waals surface area contributed by atoms with E-state index in [4.69, 9.17) is 34.8 Å². The van der Waals surface area contributed by atoms with Crippen LogP contribution in [0.2, 0.25) is 5.02 Å². The van der Waals surface area contributed by atoms with Crippen molar-refractivity contribution in [2.45, 2.75) is 17.8 Å². The third-order valence-electron chi connectivity index (χ3n) is 6.32. The van der Waals surface area contributed by atoms with Gasteiger partial charge in [-0.15, -0.1) is 11.6 Å². The van der Waals surface area contributed by atoms with E-state index < -0.39 is 17.2 Å². The SMILES string of the molecule is O=c1ccc(Cc2ccc(F)cc2Cl)c(/C=C(\CO)CN2CC(CO)C2)n1[C@H]1C(Cl)=CC=CC1Cl. The number of aliphatic hydroxyl groups excluding tert-OH is 2. The second-order valence-corrected chi connectivity index (χ2v) is 10.2. The van der Waals surface area contributed by atoms with Gasteiger partial charge in [0.1, 0.15) is 5.82 Å². The molecule has 2 atom stereocenters. The molecule has 4 rings (SSSR count). The minimum atomic E-state index is -0.631. The number of aromatic nitrogens is 1. The van der Waals surface area contributed by atoms with Crippen LogP contribution in [0.3, 0.4) is 0 Å². The van der Waals surface area contributed by atoms with Gasteiger partial charge in [-0.1, -0.05) is 47.5 Å². The van der Waals surface area contributed by atoms with Crippen molar-refractivity contribution in [3.05, 3.63) is 97.2 Å². The lowest BCUT2D eigenvalue weighted by Crippen LogP contribution is -2.49. The average molecular weight is 540 g/mol. The van der Waals surface area contributed by atoms with Crippen molar-refractivity contribution in [2.24, 2.45) is 5.92 Å². The number of rotatable bonds is 8. The summed E-state index contributed by atoms with van der Waals surface area (Å²) in [5.41, 5.74) is 2.41. The molecule has 2 aliphatic rings. The van der Waals surface area contributed by atoms with Crippen LogP contribution in [0.15, 0.2) is 64.0 Å². The maximum Gasteiger partial charge on any atom is 0.251 e. The predicted molar refractivity (Wildman–Crippen MR) is 139 cm³/mol. The first kappa shape index (κ1) is 26.1. The van der Waals surface area contributed by atoms with E-state index in [0.717, 1.165) is 18.7 Å². The van der Waals surface area contributed by atoms with Crippen molar-refractivity contribution in [1.82, 2.24) is 9.47 Å². The number of halogens is 4. The summed E-state index contributed by atoms with van der Waals surface area (Å²) >= 11 is 19.4. The van der Waals surface area contributed by atoms with Crippen LogP contribution in [-0.4, -0.2) is 57.9 Å². The quantitative estimate of drug-likeness (QED) is 0.489. The molecule has 0 bridgehead atoms. The van der Waals surface area contributed by atoms with Crippen molar-refractivity contribution >= 4 is 40.9 Å². The highest BCUT2D eigenvalue weighted by atomic mass is 35.5. The molecular weight excluding hydrogens is 514 g/mol. The minimum Gasteiger partial charge on any atom is -0.396 e. The van der Waals surface area contributed by atoms with Crippen LogP contribution in [0.1, 0.15) is 22.9 Å². The number of hydrogen-bond donors (Lipinski definition) is 2. The third kappa shape index (κ3) is 5.91. The molecule has 1 aromatic heterocycles. The number of nitrogens with zero attached hydrogens (tertiary/aromatic N) is 2. The first-order valence-corrected chi connectivity index (χ1v) is 12.5. The molecule has 9 heteroatoms. The standard InChI is InChI=1S/C26H26Cl3FN2O3/c27-21-2-1-3-22(28)26(21)32-24(8-16(14-33)11-31-12-17(13-31)15-34)19(5-7-25(32)35)9-18-4-6-20(30)10-23(18)29/h1-8,10,17,21,26,33-34H,9,11-15H2/b16-8-/t21?,26-/m1/s1. The zero-order chi connectivity index (χ0) is 25.1. The van der Waals surface area contributed by atoms with Gasteiger partial charge in [0.05, 0.1) is 18.0 Å². The van der Waals surface area contributed by atoms with Crippen molar-refractivity contribution < 1.29 is 14.6 Å². The van der Waals surface area contributed by atoms with Gasteiger partial charge < -0.3 is 10.2 Å². The Morgan fingerprint density at radius 3 is 2.54 bits per heavy atom. The summed E-state index contributed by atoms with van der Waals surface area (Å²) < 4.78 is 15.2. The van der Waals surface area contributed by atoms with Crippen LogP contribution < -0.4 is 5.56 Å². The van der Waals surface area contributed by atoms with Crippen LogP contribution in [0.5, 0.6) is 0 Å². The van der Waals surface area contributed by atoms with E-state index >= 15 is 0 Å². The summed E-state index contributed by atoms with van der Waals surface area (Å²) in [5.74, 6) is -0.200. The van der Waals surface area contributed by atoms with Crippen molar-refractivity contribution in [1.29, 1.82) is 0 Å². The fourth-order valence-electron chi connectivity index (χ4n) is 4.50. The second kappa shape index (κ2) is 11.4. The molecule has 0 amide bonds. The molecule has 1 aliphatic carbocycles. The normalized spacial score (nSPS) is 21.2. The molecule has 2 heterocycles. The summed E-state index contributed by atoms with van der Waals surface area (Å²) in [6, 6.07) is 6.74. The Morgan fingerprint density at radius 2 is 1.89 bits per heavy atom. The van der Waals surface area contributed by atoms with Gasteiger partial charge in [-0.3, -0.25) is 14.3 Å². The van der Waals surface area contributed by atoms with E-state index in [1.54, 1.807) is 41.0 Å². The van der Waals surface area contributed by atoms with Gasteiger partial charge in [0.15, 0.2) is 0 Å². The Hall–Kier alpha value is -1.93. The molecule has 0 spiro atoms. The van der Waals surface area contributed by atoms with Gasteiger partial charge in [0.25, 0.3) is 5.56 Å². The summed E-state index contributed by atoms with van der Waals surface area (Å²) in [4.78, 5) is 15.3. The lowest BCUT2D eigenvalue weighted by Gasteiger charge is -2.38. The highest BCUT2D eigenvalue weighted by molar-refractivity contribution is 6.32. The molecule has 0 radical (unpaired) electrons. The number of aliphatic hydroxyl groups is 2. The lowest BCUT2D eigenvalue weighted by atomic mass is 9.98. The Balaban J connectivity index is 1.81. The van der Waals surface area contributed by atoms with Crippen LogP contribution in [-0.2, 0) is 6.42 Å². The molecule has 1 aromatic carbocycles. The Morgan fingerprint density at radius 1 is 1.14 bits per heavy atom. The van der Waals surface area contributed by atoms with Crippen LogP contribution in [0.25, 0.3) is 6.08 Å². The number of hydrogen-bond acceptors (Lipinski definition) is 4. The molecule has 2 aromatic rings. The third-order valence-corrected chi connectivity index (χ3v) is 7.41. The first-order valence-electron chi connectivity index (χ1n) is 11.3. The van der Waals surface area contributed by atoms with E-state index in [1.807, 2.05) is 0 Å². The van der Waals surface area contributed by atoms with Gasteiger partial charge in [-0.25, -0.2) is 4.39 Å². The molecule has 35 heavy (non-hydrogen) atoms. The smallest absolute Gasteiger partial charge is 0.251 e. The predicted octanol–water partition coefficient (Wildman–Crippen LogP) is 4.37. The van der Waals surface area contributed by atoms with Gasteiger partial charge in [0.2, 0.25) is 0 Å². The van der Waals surface area contributed by atoms with Gasteiger partial charge in [-0.2, -0.15) is 0 Å². The van der Waals surface area contributed by atoms with Gasteiger partial charge >= 0.3 is 0 Å². The number of likely N-dealkylation sites (tertiary alicyclic amines) is 1. The van der Waals surface area contributed by atoms with Crippen molar-refractivity contribution in [3.8, 4) is 0 Å². The molecule has 1 aliphatic heterocycles.